The Morgan fingerprint density at radius 1 is 1.10 bits per heavy atom. The summed E-state index contributed by atoms with van der Waals surface area (Å²) >= 11 is 10.1. The Balaban J connectivity index is 3.04. The summed E-state index contributed by atoms with van der Waals surface area (Å²) < 4.78 is 11.2. The topological polar surface area (TPSA) is 18.5 Å². The van der Waals surface area contributed by atoms with Gasteiger partial charge in [0.2, 0.25) is 0 Å². The predicted molar refractivity (Wildman–Crippen MR) is 89.5 cm³/mol. The van der Waals surface area contributed by atoms with Gasteiger partial charge in [0.05, 0.1) is 13.2 Å². The summed E-state index contributed by atoms with van der Waals surface area (Å²) in [6, 6.07) is 3.86. The van der Waals surface area contributed by atoms with Crippen LogP contribution in [0, 0.1) is 5.92 Å². The molecule has 0 spiro atoms. The molecule has 4 heteroatoms. The zero-order valence-electron chi connectivity index (χ0n) is 12.7. The molecule has 0 fully saturated rings. The van der Waals surface area contributed by atoms with E-state index in [1.807, 2.05) is 26.0 Å². The summed E-state index contributed by atoms with van der Waals surface area (Å²) in [5.41, 5.74) is 1.07. The molecule has 0 saturated heterocycles. The van der Waals surface area contributed by atoms with Gasteiger partial charge in [-0.1, -0.05) is 47.8 Å². The van der Waals surface area contributed by atoms with Crippen molar-refractivity contribution < 1.29 is 9.47 Å². The van der Waals surface area contributed by atoms with Crippen LogP contribution in [-0.4, -0.2) is 13.2 Å². The first kappa shape index (κ1) is 17.6. The molecule has 1 aromatic carbocycles. The Labute approximate surface area is 135 Å². The Morgan fingerprint density at radius 2 is 1.65 bits per heavy atom. The maximum atomic E-state index is 6.39. The highest BCUT2D eigenvalue weighted by Gasteiger charge is 2.18. The van der Waals surface area contributed by atoms with E-state index in [0.717, 1.165) is 29.2 Å². The number of alkyl halides is 1. The SMILES string of the molecule is CCOc1cc(Cl)c(C(Br)CC(C)CC)cc1OCC. The van der Waals surface area contributed by atoms with Crippen molar-refractivity contribution in [2.45, 2.75) is 45.4 Å². The van der Waals surface area contributed by atoms with Crippen molar-refractivity contribution in [2.75, 3.05) is 13.2 Å². The summed E-state index contributed by atoms with van der Waals surface area (Å²) in [4.78, 5) is 0.236. The van der Waals surface area contributed by atoms with Crippen LogP contribution < -0.4 is 9.47 Å². The van der Waals surface area contributed by atoms with E-state index in [9.17, 15) is 0 Å². The lowest BCUT2D eigenvalue weighted by Crippen LogP contribution is -2.03. The van der Waals surface area contributed by atoms with Crippen LogP contribution in [0.5, 0.6) is 11.5 Å². The van der Waals surface area contributed by atoms with Crippen LogP contribution in [0.3, 0.4) is 0 Å². The van der Waals surface area contributed by atoms with Crippen molar-refractivity contribution in [1.29, 1.82) is 0 Å². The van der Waals surface area contributed by atoms with E-state index in [-0.39, 0.29) is 4.83 Å². The van der Waals surface area contributed by atoms with Crippen LogP contribution in [0.4, 0.5) is 0 Å². The molecule has 0 aliphatic heterocycles. The molecule has 0 bridgehead atoms. The summed E-state index contributed by atoms with van der Waals surface area (Å²) in [6.45, 7) is 9.58. The molecule has 0 saturated carbocycles. The third kappa shape index (κ3) is 4.85. The van der Waals surface area contributed by atoms with E-state index in [4.69, 9.17) is 21.1 Å². The molecule has 0 aliphatic carbocycles. The molecule has 0 N–H and O–H groups in total. The fourth-order valence-electron chi connectivity index (χ4n) is 1.97. The monoisotopic (exact) mass is 362 g/mol. The van der Waals surface area contributed by atoms with Gasteiger partial charge in [-0.05, 0) is 37.8 Å². The highest BCUT2D eigenvalue weighted by atomic mass is 79.9. The molecule has 0 amide bonds. The van der Waals surface area contributed by atoms with Crippen LogP contribution in [0.2, 0.25) is 5.02 Å². The molecule has 114 valence electrons. The molecule has 2 unspecified atom stereocenters. The van der Waals surface area contributed by atoms with Gasteiger partial charge >= 0.3 is 0 Å². The van der Waals surface area contributed by atoms with Crippen LogP contribution in [0.15, 0.2) is 12.1 Å². The number of hydrogen-bond donors (Lipinski definition) is 0. The van der Waals surface area contributed by atoms with Gasteiger partial charge in [0, 0.05) is 15.9 Å². The highest BCUT2D eigenvalue weighted by Crippen LogP contribution is 2.41. The largest absolute Gasteiger partial charge is 0.490 e. The Morgan fingerprint density at radius 3 is 2.15 bits per heavy atom. The molecule has 2 atom stereocenters. The van der Waals surface area contributed by atoms with Gasteiger partial charge in [-0.3, -0.25) is 0 Å². The molecule has 0 aliphatic rings. The minimum absolute atomic E-state index is 0.236. The van der Waals surface area contributed by atoms with Crippen molar-refractivity contribution in [3.05, 3.63) is 22.7 Å². The second kappa shape index (κ2) is 8.78. The van der Waals surface area contributed by atoms with E-state index >= 15 is 0 Å². The summed E-state index contributed by atoms with van der Waals surface area (Å²) in [7, 11) is 0. The van der Waals surface area contributed by atoms with Gasteiger partial charge < -0.3 is 9.47 Å². The summed E-state index contributed by atoms with van der Waals surface area (Å²) in [6.07, 6.45) is 2.21. The third-order valence-electron chi connectivity index (χ3n) is 3.31. The first-order valence-corrected chi connectivity index (χ1v) is 8.55. The second-order valence-corrected chi connectivity index (χ2v) is 6.42. The molecule has 0 radical (unpaired) electrons. The average molecular weight is 364 g/mol. The lowest BCUT2D eigenvalue weighted by Gasteiger charge is -2.19. The number of ether oxygens (including phenoxy) is 2. The first-order chi connectivity index (χ1) is 9.53. The average Bonchev–Trinajstić information content (AvgIpc) is 2.41. The fraction of sp³-hybridized carbons (Fsp3) is 0.625. The first-order valence-electron chi connectivity index (χ1n) is 7.26. The molecule has 1 aromatic rings. The van der Waals surface area contributed by atoms with Crippen LogP contribution in [-0.2, 0) is 0 Å². The molecular weight excluding hydrogens is 340 g/mol. The smallest absolute Gasteiger partial charge is 0.162 e. The van der Waals surface area contributed by atoms with Crippen LogP contribution in [0.1, 0.15) is 50.9 Å². The Bertz CT molecular complexity index is 423. The number of benzene rings is 1. The van der Waals surface area contributed by atoms with Crippen molar-refractivity contribution >= 4 is 27.5 Å². The van der Waals surface area contributed by atoms with Crippen LogP contribution in [0.25, 0.3) is 0 Å². The minimum atomic E-state index is 0.236. The van der Waals surface area contributed by atoms with Gasteiger partial charge in [0.15, 0.2) is 11.5 Å². The Hall–Kier alpha value is -0.410. The number of hydrogen-bond acceptors (Lipinski definition) is 2. The predicted octanol–water partition coefficient (Wildman–Crippen LogP) is 6.01. The fourth-order valence-corrected chi connectivity index (χ4v) is 3.41. The van der Waals surface area contributed by atoms with E-state index < -0.39 is 0 Å². The molecular formula is C16H24BrClO2. The third-order valence-corrected chi connectivity index (χ3v) is 4.50. The standard InChI is InChI=1S/C16H24BrClO2/c1-5-11(4)8-13(17)12-9-15(19-6-2)16(20-7-3)10-14(12)18/h9-11,13H,5-8H2,1-4H3. The van der Waals surface area contributed by atoms with Gasteiger partial charge in [0.25, 0.3) is 0 Å². The molecule has 0 aromatic heterocycles. The molecule has 2 nitrogen and oxygen atoms in total. The minimum Gasteiger partial charge on any atom is -0.490 e. The van der Waals surface area contributed by atoms with Crippen molar-refractivity contribution in [1.82, 2.24) is 0 Å². The summed E-state index contributed by atoms with van der Waals surface area (Å²) in [5.74, 6) is 2.13. The lowest BCUT2D eigenvalue weighted by molar-refractivity contribution is 0.287. The van der Waals surface area contributed by atoms with Gasteiger partial charge in [-0.25, -0.2) is 0 Å². The maximum Gasteiger partial charge on any atom is 0.162 e. The Kier molecular flexibility index (Phi) is 7.75. The van der Waals surface area contributed by atoms with E-state index in [2.05, 4.69) is 29.8 Å². The van der Waals surface area contributed by atoms with Crippen LogP contribution >= 0.6 is 27.5 Å². The number of halogens is 2. The maximum absolute atomic E-state index is 6.39. The summed E-state index contributed by atoms with van der Waals surface area (Å²) in [5, 5.41) is 0.724. The van der Waals surface area contributed by atoms with Gasteiger partial charge in [0.1, 0.15) is 0 Å². The van der Waals surface area contributed by atoms with Gasteiger partial charge in [-0.15, -0.1) is 0 Å². The number of rotatable bonds is 8. The van der Waals surface area contributed by atoms with Crippen molar-refractivity contribution in [2.24, 2.45) is 5.92 Å². The van der Waals surface area contributed by atoms with Gasteiger partial charge in [-0.2, -0.15) is 0 Å². The van der Waals surface area contributed by atoms with Crippen molar-refractivity contribution in [3.63, 3.8) is 0 Å². The molecule has 20 heavy (non-hydrogen) atoms. The second-order valence-electron chi connectivity index (χ2n) is 4.90. The zero-order chi connectivity index (χ0) is 15.1. The van der Waals surface area contributed by atoms with E-state index in [0.29, 0.717) is 24.9 Å². The van der Waals surface area contributed by atoms with Crippen molar-refractivity contribution in [3.8, 4) is 11.5 Å². The van der Waals surface area contributed by atoms with E-state index in [1.54, 1.807) is 0 Å². The van der Waals surface area contributed by atoms with E-state index in [1.165, 1.54) is 0 Å². The quantitative estimate of drug-likeness (QED) is 0.526. The lowest BCUT2D eigenvalue weighted by atomic mass is 9.98. The normalized spacial score (nSPS) is 13.9. The molecule has 0 heterocycles. The highest BCUT2D eigenvalue weighted by molar-refractivity contribution is 9.09. The zero-order valence-corrected chi connectivity index (χ0v) is 15.1. The molecule has 1 rings (SSSR count).